The molecule has 1 rings (SSSR count). The van der Waals surface area contributed by atoms with E-state index in [0.29, 0.717) is 6.42 Å². The molecule has 1 aromatic rings. The number of rotatable bonds is 19. The summed E-state index contributed by atoms with van der Waals surface area (Å²) in [4.78, 5) is 21.8. The highest BCUT2D eigenvalue weighted by Crippen LogP contribution is 2.12. The number of carboxylic acids is 1. The Hall–Kier alpha value is -2.06. The van der Waals surface area contributed by atoms with Gasteiger partial charge in [0.25, 0.3) is 0 Å². The Morgan fingerprint density at radius 3 is 1.89 bits per heavy atom. The fourth-order valence-corrected chi connectivity index (χ4v) is 3.47. The average molecular weight is 494 g/mol. The van der Waals surface area contributed by atoms with Gasteiger partial charge in [-0.2, -0.15) is 0 Å². The molecule has 7 heteroatoms. The van der Waals surface area contributed by atoms with Crippen LogP contribution >= 0.6 is 0 Å². The van der Waals surface area contributed by atoms with Crippen molar-refractivity contribution in [3.8, 4) is 0 Å². The molecule has 200 valence electrons. The summed E-state index contributed by atoms with van der Waals surface area (Å²) < 4.78 is 0. The van der Waals surface area contributed by atoms with Crippen molar-refractivity contribution in [2.24, 2.45) is 5.73 Å². The summed E-state index contributed by atoms with van der Waals surface area (Å²) in [7, 11) is 0. The second kappa shape index (κ2) is 22.4. The molecule has 3 atom stereocenters. The first-order chi connectivity index (χ1) is 16.8. The lowest BCUT2D eigenvalue weighted by molar-refractivity contribution is -0.138. The lowest BCUT2D eigenvalue weighted by Gasteiger charge is -2.11. The molecule has 0 amide bonds. The summed E-state index contributed by atoms with van der Waals surface area (Å²) in [6.07, 6.45) is 15.5. The monoisotopic (exact) mass is 493 g/mol. The standard InChI is InChI=1S/C19H36O4.C9H11NO2/c1-2-3-4-5-6-7-8-9-10-11-12-13-14-15-17(21)19(23)18(22)16-20;10-8(9(11)12)6-7-4-2-1-3-5-7/h14-15,18-20,22-23H,2-13,16H2,1H3;1-5,8H,6,10H2,(H,11,12)/t;8-/m.0/s1. The fourth-order valence-electron chi connectivity index (χ4n) is 3.47. The van der Waals surface area contributed by atoms with Crippen molar-refractivity contribution in [3.63, 3.8) is 0 Å². The molecule has 0 bridgehead atoms. The highest BCUT2D eigenvalue weighted by atomic mass is 16.4. The summed E-state index contributed by atoms with van der Waals surface area (Å²) in [5, 5.41) is 35.7. The molecule has 0 aliphatic rings. The van der Waals surface area contributed by atoms with E-state index in [0.717, 1.165) is 24.8 Å². The van der Waals surface area contributed by atoms with E-state index in [2.05, 4.69) is 6.92 Å². The first kappa shape index (κ1) is 32.9. The summed E-state index contributed by atoms with van der Waals surface area (Å²) in [5.74, 6) is -1.51. The zero-order valence-electron chi connectivity index (χ0n) is 21.4. The predicted octanol–water partition coefficient (Wildman–Crippen LogP) is 4.17. The number of carboxylic acid groups (broad SMARTS) is 1. The van der Waals surface area contributed by atoms with Gasteiger partial charge in [0.2, 0.25) is 0 Å². The van der Waals surface area contributed by atoms with Crippen LogP contribution in [0, 0.1) is 0 Å². The number of ketones is 1. The number of allylic oxidation sites excluding steroid dienone is 1. The van der Waals surface area contributed by atoms with Gasteiger partial charge in [0.05, 0.1) is 6.61 Å². The number of carbonyl (C=O) groups excluding carboxylic acids is 1. The number of aliphatic hydroxyl groups is 3. The van der Waals surface area contributed by atoms with Gasteiger partial charge in [0, 0.05) is 0 Å². The normalized spacial score (nSPS) is 13.6. The smallest absolute Gasteiger partial charge is 0.320 e. The molecule has 0 aromatic heterocycles. The minimum Gasteiger partial charge on any atom is -0.480 e. The number of unbranched alkanes of at least 4 members (excludes halogenated alkanes) is 11. The van der Waals surface area contributed by atoms with Gasteiger partial charge in [0.1, 0.15) is 18.2 Å². The summed E-state index contributed by atoms with van der Waals surface area (Å²) in [6, 6.07) is 8.54. The second-order valence-corrected chi connectivity index (χ2v) is 8.96. The number of hydrogen-bond acceptors (Lipinski definition) is 6. The van der Waals surface area contributed by atoms with Crippen LogP contribution in [0.4, 0.5) is 0 Å². The molecule has 2 unspecified atom stereocenters. The molecule has 0 saturated carbocycles. The molecule has 0 aliphatic heterocycles. The summed E-state index contributed by atoms with van der Waals surface area (Å²) in [6.45, 7) is 1.63. The molecule has 0 fully saturated rings. The van der Waals surface area contributed by atoms with Crippen LogP contribution in [0.3, 0.4) is 0 Å². The molecule has 0 saturated heterocycles. The molecule has 7 nitrogen and oxygen atoms in total. The van der Waals surface area contributed by atoms with Crippen LogP contribution in [0.1, 0.15) is 89.5 Å². The topological polar surface area (TPSA) is 141 Å². The van der Waals surface area contributed by atoms with Gasteiger partial charge in [-0.1, -0.05) is 108 Å². The van der Waals surface area contributed by atoms with Crippen molar-refractivity contribution in [1.82, 2.24) is 0 Å². The lowest BCUT2D eigenvalue weighted by Crippen LogP contribution is -2.35. The van der Waals surface area contributed by atoms with Crippen LogP contribution in [0.5, 0.6) is 0 Å². The van der Waals surface area contributed by atoms with Crippen molar-refractivity contribution in [2.75, 3.05) is 6.61 Å². The van der Waals surface area contributed by atoms with Crippen LogP contribution in [0.2, 0.25) is 0 Å². The predicted molar refractivity (Wildman–Crippen MR) is 140 cm³/mol. The Morgan fingerprint density at radius 1 is 0.886 bits per heavy atom. The van der Waals surface area contributed by atoms with Crippen molar-refractivity contribution in [1.29, 1.82) is 0 Å². The molecule has 0 spiro atoms. The van der Waals surface area contributed by atoms with Crippen LogP contribution in [-0.2, 0) is 16.0 Å². The summed E-state index contributed by atoms with van der Waals surface area (Å²) >= 11 is 0. The van der Waals surface area contributed by atoms with Crippen molar-refractivity contribution >= 4 is 11.8 Å². The largest absolute Gasteiger partial charge is 0.480 e. The Morgan fingerprint density at radius 2 is 1.40 bits per heavy atom. The average Bonchev–Trinajstić information content (AvgIpc) is 2.86. The van der Waals surface area contributed by atoms with E-state index in [1.807, 2.05) is 30.3 Å². The zero-order valence-corrected chi connectivity index (χ0v) is 21.4. The summed E-state index contributed by atoms with van der Waals surface area (Å²) in [5.41, 5.74) is 6.30. The number of aliphatic carboxylic acids is 1. The van der Waals surface area contributed by atoms with E-state index in [1.165, 1.54) is 63.9 Å². The maximum absolute atomic E-state index is 11.4. The number of benzene rings is 1. The molecule has 0 heterocycles. The maximum atomic E-state index is 11.4. The van der Waals surface area contributed by atoms with E-state index in [-0.39, 0.29) is 0 Å². The first-order valence-corrected chi connectivity index (χ1v) is 13.0. The van der Waals surface area contributed by atoms with E-state index in [1.54, 1.807) is 6.08 Å². The third kappa shape index (κ3) is 18.9. The molecular weight excluding hydrogens is 446 g/mol. The van der Waals surface area contributed by atoms with Crippen LogP contribution in [0.25, 0.3) is 0 Å². The van der Waals surface area contributed by atoms with Crippen LogP contribution < -0.4 is 5.73 Å². The highest BCUT2D eigenvalue weighted by Gasteiger charge is 2.20. The molecule has 6 N–H and O–H groups in total. The van der Waals surface area contributed by atoms with Crippen LogP contribution in [-0.4, -0.2) is 57.0 Å². The van der Waals surface area contributed by atoms with E-state index >= 15 is 0 Å². The van der Waals surface area contributed by atoms with Gasteiger partial charge in [-0.25, -0.2) is 0 Å². The third-order valence-corrected chi connectivity index (χ3v) is 5.72. The maximum Gasteiger partial charge on any atom is 0.320 e. The van der Waals surface area contributed by atoms with Crippen LogP contribution in [0.15, 0.2) is 42.5 Å². The molecule has 0 aliphatic carbocycles. The van der Waals surface area contributed by atoms with Gasteiger partial charge in [-0.05, 0) is 30.9 Å². The molecule has 0 radical (unpaired) electrons. The molecule has 1 aromatic carbocycles. The Kier molecular flexibility index (Phi) is 21.1. The Bertz CT molecular complexity index is 679. The Balaban J connectivity index is 0.000000801. The lowest BCUT2D eigenvalue weighted by atomic mass is 10.0. The molecular formula is C28H47NO6. The number of nitrogens with two attached hydrogens (primary N) is 1. The fraction of sp³-hybridized carbons (Fsp3) is 0.643. The van der Waals surface area contributed by atoms with Crippen molar-refractivity contribution in [2.45, 2.75) is 109 Å². The van der Waals surface area contributed by atoms with Gasteiger partial charge < -0.3 is 26.2 Å². The first-order valence-electron chi connectivity index (χ1n) is 13.0. The van der Waals surface area contributed by atoms with Crippen molar-refractivity contribution in [3.05, 3.63) is 48.0 Å². The number of carbonyl (C=O) groups is 2. The van der Waals surface area contributed by atoms with Crippen molar-refractivity contribution < 1.29 is 30.0 Å². The zero-order chi connectivity index (χ0) is 26.3. The number of hydrogen-bond donors (Lipinski definition) is 5. The Labute approximate surface area is 211 Å². The van der Waals surface area contributed by atoms with E-state index in [9.17, 15) is 14.7 Å². The highest BCUT2D eigenvalue weighted by molar-refractivity contribution is 5.93. The van der Waals surface area contributed by atoms with E-state index in [4.69, 9.17) is 21.1 Å². The third-order valence-electron chi connectivity index (χ3n) is 5.72. The minimum atomic E-state index is -1.52. The minimum absolute atomic E-state index is 0.385. The van der Waals surface area contributed by atoms with E-state index < -0.39 is 36.6 Å². The van der Waals surface area contributed by atoms with Gasteiger partial charge >= 0.3 is 5.97 Å². The number of aliphatic hydroxyl groups excluding tert-OH is 3. The quantitative estimate of drug-likeness (QED) is 0.144. The van der Waals surface area contributed by atoms with Gasteiger partial charge in [-0.3, -0.25) is 9.59 Å². The molecule has 35 heavy (non-hydrogen) atoms. The van der Waals surface area contributed by atoms with Gasteiger partial charge in [-0.15, -0.1) is 0 Å². The second-order valence-electron chi connectivity index (χ2n) is 8.96. The van der Waals surface area contributed by atoms with Gasteiger partial charge in [0.15, 0.2) is 5.78 Å². The SMILES string of the molecule is CCCCCCCCCCCCCC=CC(=O)C(O)C(O)CO.N[C@@H](Cc1ccccc1)C(=O)O.